The third-order valence-corrected chi connectivity index (χ3v) is 6.20. The Morgan fingerprint density at radius 3 is 2.50 bits per heavy atom. The van der Waals surface area contributed by atoms with Crippen molar-refractivity contribution in [3.05, 3.63) is 47.8 Å². The summed E-state index contributed by atoms with van der Waals surface area (Å²) in [5.41, 5.74) is 2.27. The zero-order valence-corrected chi connectivity index (χ0v) is 17.7. The van der Waals surface area contributed by atoms with Crippen molar-refractivity contribution in [1.82, 2.24) is 14.9 Å². The lowest BCUT2D eigenvalue weighted by molar-refractivity contribution is -0.130. The minimum absolute atomic E-state index is 0.137. The summed E-state index contributed by atoms with van der Waals surface area (Å²) < 4.78 is 0. The summed E-state index contributed by atoms with van der Waals surface area (Å²) in [5.74, 6) is 1.96. The Balaban J connectivity index is 1.36. The third kappa shape index (κ3) is 4.73. The highest BCUT2D eigenvalue weighted by atomic mass is 16.3. The molecule has 1 N–H and O–H groups in total. The van der Waals surface area contributed by atoms with Crippen LogP contribution < -0.4 is 9.80 Å². The van der Waals surface area contributed by atoms with Gasteiger partial charge in [0.15, 0.2) is 0 Å². The number of anilines is 2. The molecule has 2 aliphatic rings. The smallest absolute Gasteiger partial charge is 0.227 e. The van der Waals surface area contributed by atoms with Gasteiger partial charge in [0.1, 0.15) is 18.0 Å². The van der Waals surface area contributed by atoms with Crippen LogP contribution in [0, 0.1) is 6.92 Å². The van der Waals surface area contributed by atoms with Crippen LogP contribution in [0.3, 0.4) is 0 Å². The lowest BCUT2D eigenvalue weighted by Gasteiger charge is -2.37. The van der Waals surface area contributed by atoms with E-state index in [9.17, 15) is 9.90 Å². The van der Waals surface area contributed by atoms with Crippen LogP contribution in [0.15, 0.2) is 36.7 Å². The van der Waals surface area contributed by atoms with E-state index in [-0.39, 0.29) is 18.6 Å². The van der Waals surface area contributed by atoms with Gasteiger partial charge in [-0.15, -0.1) is 0 Å². The van der Waals surface area contributed by atoms with Crippen LogP contribution in [-0.4, -0.2) is 71.3 Å². The highest BCUT2D eigenvalue weighted by Gasteiger charge is 2.25. The van der Waals surface area contributed by atoms with Gasteiger partial charge in [-0.1, -0.05) is 29.8 Å². The van der Waals surface area contributed by atoms with Crippen LogP contribution in [0.4, 0.5) is 11.6 Å². The molecule has 4 rings (SSSR count). The predicted molar refractivity (Wildman–Crippen MR) is 118 cm³/mol. The fourth-order valence-corrected chi connectivity index (χ4v) is 4.34. The number of benzene rings is 1. The number of amides is 1. The molecule has 7 nitrogen and oxygen atoms in total. The van der Waals surface area contributed by atoms with Crippen molar-refractivity contribution in [3.8, 4) is 0 Å². The number of carbonyl (C=O) groups is 1. The second-order valence-electron chi connectivity index (χ2n) is 8.29. The minimum Gasteiger partial charge on any atom is -0.394 e. The third-order valence-electron chi connectivity index (χ3n) is 6.20. The van der Waals surface area contributed by atoms with E-state index in [2.05, 4.69) is 38.8 Å². The molecule has 1 atom stereocenters. The van der Waals surface area contributed by atoms with Crippen molar-refractivity contribution in [2.75, 3.05) is 49.1 Å². The molecule has 2 aromatic rings. The lowest BCUT2D eigenvalue weighted by atomic mass is 10.0. The number of rotatable bonds is 5. The first-order valence-corrected chi connectivity index (χ1v) is 10.9. The average Bonchev–Trinajstić information content (AvgIpc) is 2.80. The number of nitrogens with zero attached hydrogens (tertiary/aromatic N) is 5. The maximum absolute atomic E-state index is 12.7. The summed E-state index contributed by atoms with van der Waals surface area (Å²) in [6, 6.07) is 10.3. The maximum atomic E-state index is 12.7. The number of aliphatic hydroxyl groups excluding tert-OH is 1. The molecule has 2 fully saturated rings. The van der Waals surface area contributed by atoms with Gasteiger partial charge in [0.2, 0.25) is 5.91 Å². The van der Waals surface area contributed by atoms with Gasteiger partial charge in [0.05, 0.1) is 19.1 Å². The normalized spacial score (nSPS) is 19.8. The molecule has 0 bridgehead atoms. The molecule has 2 saturated heterocycles. The van der Waals surface area contributed by atoms with E-state index in [0.717, 1.165) is 56.1 Å². The number of aromatic nitrogens is 2. The molecule has 0 aliphatic carbocycles. The van der Waals surface area contributed by atoms with Crippen LogP contribution in [-0.2, 0) is 11.2 Å². The Morgan fingerprint density at radius 1 is 1.03 bits per heavy atom. The molecule has 1 amide bonds. The molecule has 0 saturated carbocycles. The van der Waals surface area contributed by atoms with Crippen LogP contribution in [0.1, 0.15) is 30.4 Å². The molecule has 1 unspecified atom stereocenters. The lowest BCUT2D eigenvalue weighted by Crippen LogP contribution is -2.49. The quantitative estimate of drug-likeness (QED) is 0.815. The van der Waals surface area contributed by atoms with E-state index >= 15 is 0 Å². The van der Waals surface area contributed by atoms with Gasteiger partial charge in [0.25, 0.3) is 0 Å². The highest BCUT2D eigenvalue weighted by Crippen LogP contribution is 2.25. The topological polar surface area (TPSA) is 72.8 Å². The number of aliphatic hydroxyl groups is 1. The molecule has 1 aromatic carbocycles. The molecule has 2 aliphatic heterocycles. The summed E-state index contributed by atoms with van der Waals surface area (Å²) in [4.78, 5) is 28.0. The van der Waals surface area contributed by atoms with Crippen molar-refractivity contribution in [2.24, 2.45) is 0 Å². The first kappa shape index (κ1) is 20.6. The zero-order chi connectivity index (χ0) is 20.9. The Hall–Kier alpha value is -2.67. The second-order valence-corrected chi connectivity index (χ2v) is 8.29. The van der Waals surface area contributed by atoms with Crippen LogP contribution in [0.5, 0.6) is 0 Å². The first-order valence-electron chi connectivity index (χ1n) is 10.9. The Kier molecular flexibility index (Phi) is 6.47. The molecular formula is C23H31N5O2. The average molecular weight is 410 g/mol. The van der Waals surface area contributed by atoms with Crippen LogP contribution >= 0.6 is 0 Å². The van der Waals surface area contributed by atoms with E-state index in [0.29, 0.717) is 19.5 Å². The van der Waals surface area contributed by atoms with E-state index in [1.165, 1.54) is 5.56 Å². The minimum atomic E-state index is 0.137. The van der Waals surface area contributed by atoms with E-state index in [1.54, 1.807) is 6.33 Å². The number of piperidine rings is 1. The van der Waals surface area contributed by atoms with Gasteiger partial charge in [-0.25, -0.2) is 9.97 Å². The number of hydrogen-bond acceptors (Lipinski definition) is 6. The van der Waals surface area contributed by atoms with Gasteiger partial charge in [-0.05, 0) is 31.7 Å². The highest BCUT2D eigenvalue weighted by molar-refractivity contribution is 5.79. The van der Waals surface area contributed by atoms with Crippen LogP contribution in [0.2, 0.25) is 0 Å². The largest absolute Gasteiger partial charge is 0.394 e. The van der Waals surface area contributed by atoms with E-state index in [1.807, 2.05) is 23.1 Å². The molecule has 1 aromatic heterocycles. The van der Waals surface area contributed by atoms with Gasteiger partial charge in [-0.3, -0.25) is 4.79 Å². The van der Waals surface area contributed by atoms with Gasteiger partial charge in [-0.2, -0.15) is 0 Å². The summed E-state index contributed by atoms with van der Waals surface area (Å²) in [6.45, 7) is 6.06. The van der Waals surface area contributed by atoms with E-state index in [4.69, 9.17) is 0 Å². The SMILES string of the molecule is Cc1ccc(CC(=O)N2CCN(c3cc(N4CCCCC4CO)ncn3)CC2)cc1. The molecular weight excluding hydrogens is 378 g/mol. The fourth-order valence-electron chi connectivity index (χ4n) is 4.34. The summed E-state index contributed by atoms with van der Waals surface area (Å²) in [5, 5.41) is 9.71. The number of hydrogen-bond donors (Lipinski definition) is 1. The van der Waals surface area contributed by atoms with Crippen molar-refractivity contribution in [3.63, 3.8) is 0 Å². The first-order chi connectivity index (χ1) is 14.6. The van der Waals surface area contributed by atoms with Gasteiger partial charge >= 0.3 is 0 Å². The van der Waals surface area contributed by atoms with E-state index < -0.39 is 0 Å². The monoisotopic (exact) mass is 409 g/mol. The maximum Gasteiger partial charge on any atom is 0.227 e. The zero-order valence-electron chi connectivity index (χ0n) is 17.7. The molecule has 30 heavy (non-hydrogen) atoms. The van der Waals surface area contributed by atoms with Gasteiger partial charge in [0, 0.05) is 38.8 Å². The van der Waals surface area contributed by atoms with Crippen molar-refractivity contribution >= 4 is 17.5 Å². The number of piperazine rings is 1. The standard InChI is InChI=1S/C23H31N5O2/c1-18-5-7-19(8-6-18)14-23(30)27-12-10-26(11-13-27)21-15-22(25-17-24-21)28-9-3-2-4-20(28)16-29/h5-8,15,17,20,29H,2-4,9-14,16H2,1H3. The Labute approximate surface area is 178 Å². The fraction of sp³-hybridized carbons (Fsp3) is 0.522. The van der Waals surface area contributed by atoms with Crippen molar-refractivity contribution in [1.29, 1.82) is 0 Å². The molecule has 0 spiro atoms. The summed E-state index contributed by atoms with van der Waals surface area (Å²) >= 11 is 0. The van der Waals surface area contributed by atoms with Crippen molar-refractivity contribution in [2.45, 2.75) is 38.6 Å². The summed E-state index contributed by atoms with van der Waals surface area (Å²) in [7, 11) is 0. The Bertz CT molecular complexity index is 849. The van der Waals surface area contributed by atoms with Gasteiger partial charge < -0.3 is 19.8 Å². The molecule has 160 valence electrons. The molecule has 0 radical (unpaired) electrons. The summed E-state index contributed by atoms with van der Waals surface area (Å²) in [6.07, 6.45) is 5.34. The number of aryl methyl sites for hydroxylation is 1. The Morgan fingerprint density at radius 2 is 1.77 bits per heavy atom. The second kappa shape index (κ2) is 9.43. The van der Waals surface area contributed by atoms with Crippen LogP contribution in [0.25, 0.3) is 0 Å². The predicted octanol–water partition coefficient (Wildman–Crippen LogP) is 2.03. The van der Waals surface area contributed by atoms with Crippen molar-refractivity contribution < 1.29 is 9.90 Å². The number of carbonyl (C=O) groups excluding carboxylic acids is 1. The molecule has 3 heterocycles. The molecule has 7 heteroatoms.